The summed E-state index contributed by atoms with van der Waals surface area (Å²) in [5.74, 6) is 0. The Bertz CT molecular complexity index is 961. The van der Waals surface area contributed by atoms with Crippen LogP contribution in [0.25, 0.3) is 0 Å². The van der Waals surface area contributed by atoms with E-state index in [1.807, 2.05) is 9.80 Å². The monoisotopic (exact) mass is 411 g/mol. The predicted molar refractivity (Wildman–Crippen MR) is 103 cm³/mol. The van der Waals surface area contributed by atoms with Gasteiger partial charge in [0.25, 0.3) is 5.69 Å². The van der Waals surface area contributed by atoms with Gasteiger partial charge >= 0.3 is 0 Å². The first kappa shape index (κ1) is 19.3. The first-order chi connectivity index (χ1) is 12.8. The average molecular weight is 412 g/mol. The van der Waals surface area contributed by atoms with Crippen LogP contribution in [0, 0.1) is 10.1 Å². The third-order valence-electron chi connectivity index (χ3n) is 4.43. The predicted octanol–water partition coefficient (Wildman–Crippen LogP) is 1.88. The molecular weight excluding hydrogens is 394 g/mol. The lowest BCUT2D eigenvalue weighted by Gasteiger charge is -2.37. The Morgan fingerprint density at radius 1 is 1.19 bits per heavy atom. The quantitative estimate of drug-likeness (QED) is 0.590. The van der Waals surface area contributed by atoms with Gasteiger partial charge in [-0.25, -0.2) is 13.1 Å². The van der Waals surface area contributed by atoms with Crippen molar-refractivity contribution in [1.29, 1.82) is 0 Å². The molecule has 1 N–H and O–H groups in total. The van der Waals surface area contributed by atoms with E-state index in [2.05, 4.69) is 9.71 Å². The summed E-state index contributed by atoms with van der Waals surface area (Å²) >= 11 is 5.87. The minimum atomic E-state index is -3.62. The van der Waals surface area contributed by atoms with Crippen LogP contribution in [0.5, 0.6) is 0 Å². The molecule has 9 nitrogen and oxygen atoms in total. The molecular formula is C16H18ClN5O4S. The van der Waals surface area contributed by atoms with Gasteiger partial charge in [-0.05, 0) is 25.2 Å². The van der Waals surface area contributed by atoms with E-state index < -0.39 is 14.9 Å². The molecule has 0 saturated carbocycles. The fourth-order valence-electron chi connectivity index (χ4n) is 2.99. The van der Waals surface area contributed by atoms with Gasteiger partial charge in [-0.1, -0.05) is 11.6 Å². The maximum atomic E-state index is 12.2. The Labute approximate surface area is 161 Å². The van der Waals surface area contributed by atoms with Gasteiger partial charge in [-0.15, -0.1) is 0 Å². The molecule has 3 rings (SSSR count). The third kappa shape index (κ3) is 3.97. The second kappa shape index (κ2) is 7.67. The molecule has 0 unspecified atom stereocenters. The Morgan fingerprint density at radius 3 is 2.48 bits per heavy atom. The number of hydrogen-bond acceptors (Lipinski definition) is 7. The van der Waals surface area contributed by atoms with Crippen molar-refractivity contribution >= 4 is 38.7 Å². The smallest absolute Gasteiger partial charge is 0.289 e. The van der Waals surface area contributed by atoms with E-state index in [4.69, 9.17) is 11.6 Å². The SMILES string of the molecule is CNS(=O)(=O)c1cnccc1N1CCN(c2ccc(Cl)c([N+](=O)[O-])c2)CC1. The van der Waals surface area contributed by atoms with Gasteiger partial charge in [0, 0.05) is 50.3 Å². The molecule has 2 aromatic rings. The first-order valence-corrected chi connectivity index (χ1v) is 10.0. The molecule has 0 aliphatic carbocycles. The van der Waals surface area contributed by atoms with Crippen molar-refractivity contribution in [1.82, 2.24) is 9.71 Å². The summed E-state index contributed by atoms with van der Waals surface area (Å²) in [5.41, 5.74) is 1.16. The zero-order valence-electron chi connectivity index (χ0n) is 14.5. The molecule has 11 heteroatoms. The largest absolute Gasteiger partial charge is 0.368 e. The van der Waals surface area contributed by atoms with Crippen LogP contribution in [0.4, 0.5) is 17.1 Å². The van der Waals surface area contributed by atoms with Crippen LogP contribution in [0.2, 0.25) is 5.02 Å². The molecule has 1 aliphatic rings. The van der Waals surface area contributed by atoms with Crippen molar-refractivity contribution in [2.24, 2.45) is 0 Å². The highest BCUT2D eigenvalue weighted by Crippen LogP contribution is 2.31. The van der Waals surface area contributed by atoms with E-state index in [9.17, 15) is 18.5 Å². The topological polar surface area (TPSA) is 109 Å². The summed E-state index contributed by atoms with van der Waals surface area (Å²) in [7, 11) is -2.26. The van der Waals surface area contributed by atoms with E-state index in [0.29, 0.717) is 37.6 Å². The minimum absolute atomic E-state index is 0.0982. The number of piperazine rings is 1. The molecule has 1 aliphatic heterocycles. The summed E-state index contributed by atoms with van der Waals surface area (Å²) in [6, 6.07) is 6.39. The van der Waals surface area contributed by atoms with Crippen molar-refractivity contribution in [3.63, 3.8) is 0 Å². The standard InChI is InChI=1S/C16H18ClN5O4S/c1-18-27(25,26)16-11-19-5-4-14(16)21-8-6-20(7-9-21)12-2-3-13(17)15(10-12)22(23)24/h2-5,10-11,18H,6-9H2,1H3. The first-order valence-electron chi connectivity index (χ1n) is 8.15. The molecule has 1 aromatic carbocycles. The number of sulfonamides is 1. The molecule has 0 radical (unpaired) electrons. The van der Waals surface area contributed by atoms with Gasteiger partial charge in [-0.3, -0.25) is 15.1 Å². The Hall–Kier alpha value is -2.43. The molecule has 1 fully saturated rings. The molecule has 2 heterocycles. The lowest BCUT2D eigenvalue weighted by Crippen LogP contribution is -2.47. The van der Waals surface area contributed by atoms with Crippen molar-refractivity contribution in [3.05, 3.63) is 51.8 Å². The van der Waals surface area contributed by atoms with Crippen molar-refractivity contribution in [3.8, 4) is 0 Å². The van der Waals surface area contributed by atoms with E-state index in [1.165, 1.54) is 25.4 Å². The van der Waals surface area contributed by atoms with E-state index in [-0.39, 0.29) is 15.6 Å². The molecule has 27 heavy (non-hydrogen) atoms. The summed E-state index contributed by atoms with van der Waals surface area (Å²) < 4.78 is 26.8. The zero-order valence-corrected chi connectivity index (χ0v) is 16.1. The van der Waals surface area contributed by atoms with Crippen LogP contribution in [-0.2, 0) is 10.0 Å². The zero-order chi connectivity index (χ0) is 19.6. The molecule has 0 amide bonds. The van der Waals surface area contributed by atoms with Crippen molar-refractivity contribution in [2.75, 3.05) is 43.0 Å². The summed E-state index contributed by atoms with van der Waals surface area (Å²) in [6.45, 7) is 2.29. The normalized spacial score (nSPS) is 15.0. The molecule has 144 valence electrons. The average Bonchev–Trinajstić information content (AvgIpc) is 2.68. The van der Waals surface area contributed by atoms with Gasteiger partial charge in [0.05, 0.1) is 10.6 Å². The maximum Gasteiger partial charge on any atom is 0.289 e. The summed E-state index contributed by atoms with van der Waals surface area (Å²) in [4.78, 5) is 18.6. The van der Waals surface area contributed by atoms with Crippen LogP contribution in [0.3, 0.4) is 0 Å². The molecule has 0 spiro atoms. The summed E-state index contributed by atoms with van der Waals surface area (Å²) in [6.07, 6.45) is 2.88. The molecule has 0 bridgehead atoms. The van der Waals surface area contributed by atoms with E-state index in [0.717, 1.165) is 0 Å². The van der Waals surface area contributed by atoms with Gasteiger partial charge in [0.1, 0.15) is 9.92 Å². The lowest BCUT2D eigenvalue weighted by atomic mass is 10.2. The number of anilines is 2. The van der Waals surface area contributed by atoms with Crippen LogP contribution in [-0.4, -0.2) is 51.6 Å². The van der Waals surface area contributed by atoms with Gasteiger partial charge < -0.3 is 9.80 Å². The highest BCUT2D eigenvalue weighted by Gasteiger charge is 2.25. The molecule has 1 saturated heterocycles. The fraction of sp³-hybridized carbons (Fsp3) is 0.312. The Morgan fingerprint density at radius 2 is 1.85 bits per heavy atom. The number of pyridine rings is 1. The Kier molecular flexibility index (Phi) is 5.49. The van der Waals surface area contributed by atoms with Crippen LogP contribution in [0.1, 0.15) is 0 Å². The molecule has 1 aromatic heterocycles. The number of rotatable bonds is 5. The number of nitro groups is 1. The highest BCUT2D eigenvalue weighted by atomic mass is 35.5. The second-order valence-corrected chi connectivity index (χ2v) is 8.18. The summed E-state index contributed by atoms with van der Waals surface area (Å²) in [5, 5.41) is 11.2. The second-order valence-electron chi connectivity index (χ2n) is 5.92. The number of hydrogen-bond donors (Lipinski definition) is 1. The van der Waals surface area contributed by atoms with Gasteiger partial charge in [-0.2, -0.15) is 0 Å². The van der Waals surface area contributed by atoms with E-state index in [1.54, 1.807) is 18.3 Å². The Balaban J connectivity index is 1.79. The maximum absolute atomic E-state index is 12.2. The number of nitro benzene ring substituents is 1. The van der Waals surface area contributed by atoms with Gasteiger partial charge in [0.15, 0.2) is 0 Å². The third-order valence-corrected chi connectivity index (χ3v) is 6.18. The van der Waals surface area contributed by atoms with Crippen molar-refractivity contribution in [2.45, 2.75) is 4.90 Å². The van der Waals surface area contributed by atoms with Crippen LogP contribution < -0.4 is 14.5 Å². The number of nitrogens with zero attached hydrogens (tertiary/aromatic N) is 4. The number of benzene rings is 1. The number of aromatic nitrogens is 1. The minimum Gasteiger partial charge on any atom is -0.368 e. The molecule has 0 atom stereocenters. The number of nitrogens with one attached hydrogen (secondary N) is 1. The lowest BCUT2D eigenvalue weighted by molar-refractivity contribution is -0.384. The van der Waals surface area contributed by atoms with Crippen molar-refractivity contribution < 1.29 is 13.3 Å². The highest BCUT2D eigenvalue weighted by molar-refractivity contribution is 7.89. The number of halogens is 1. The fourth-order valence-corrected chi connectivity index (χ4v) is 4.07. The van der Waals surface area contributed by atoms with Crippen LogP contribution in [0.15, 0.2) is 41.6 Å². The van der Waals surface area contributed by atoms with E-state index >= 15 is 0 Å². The van der Waals surface area contributed by atoms with Crippen LogP contribution >= 0.6 is 11.6 Å². The van der Waals surface area contributed by atoms with Gasteiger partial charge in [0.2, 0.25) is 10.0 Å².